The molecule has 2 atom stereocenters. The molecule has 102 valence electrons. The second-order valence-corrected chi connectivity index (χ2v) is 5.11. The molecule has 1 rings (SSSR count). The van der Waals surface area contributed by atoms with E-state index in [0.29, 0.717) is 24.2 Å². The predicted octanol–water partition coefficient (Wildman–Crippen LogP) is 2.89. The van der Waals surface area contributed by atoms with E-state index in [1.54, 1.807) is 7.11 Å². The summed E-state index contributed by atoms with van der Waals surface area (Å²) >= 11 is 6.08. The zero-order valence-corrected chi connectivity index (χ0v) is 12.0. The van der Waals surface area contributed by atoms with Gasteiger partial charge in [0.25, 0.3) is 0 Å². The summed E-state index contributed by atoms with van der Waals surface area (Å²) in [6, 6.07) is 5.96. The van der Waals surface area contributed by atoms with E-state index in [2.05, 4.69) is 6.92 Å². The third-order valence-electron chi connectivity index (χ3n) is 2.94. The van der Waals surface area contributed by atoms with Gasteiger partial charge in [-0.05, 0) is 43.0 Å². The van der Waals surface area contributed by atoms with Crippen molar-refractivity contribution in [1.82, 2.24) is 0 Å². The van der Waals surface area contributed by atoms with Crippen LogP contribution in [0.2, 0.25) is 5.02 Å². The normalized spacial score (nSPS) is 14.3. The van der Waals surface area contributed by atoms with Gasteiger partial charge < -0.3 is 15.2 Å². The summed E-state index contributed by atoms with van der Waals surface area (Å²) in [6.45, 7) is 5.25. The Balaban J connectivity index is 2.68. The average molecular weight is 272 g/mol. The molecule has 0 radical (unpaired) electrons. The fraction of sp³-hybridized carbons (Fsp3) is 0.571. The van der Waals surface area contributed by atoms with Crippen LogP contribution in [0.4, 0.5) is 0 Å². The number of hydrogen-bond donors (Lipinski definition) is 1. The first-order valence-electron chi connectivity index (χ1n) is 6.19. The summed E-state index contributed by atoms with van der Waals surface area (Å²) in [5, 5.41) is 0.691. The Labute approximate surface area is 114 Å². The lowest BCUT2D eigenvalue weighted by atomic mass is 9.95. The van der Waals surface area contributed by atoms with Crippen LogP contribution < -0.4 is 10.5 Å². The maximum absolute atomic E-state index is 6.08. The molecule has 2 unspecified atom stereocenters. The lowest BCUT2D eigenvalue weighted by Crippen LogP contribution is -2.25. The number of methoxy groups -OCH3 is 1. The number of ether oxygens (including phenoxy) is 2. The van der Waals surface area contributed by atoms with Gasteiger partial charge in [0, 0.05) is 18.2 Å². The van der Waals surface area contributed by atoms with Crippen molar-refractivity contribution >= 4 is 11.6 Å². The summed E-state index contributed by atoms with van der Waals surface area (Å²) in [7, 11) is 1.65. The number of benzene rings is 1. The van der Waals surface area contributed by atoms with Gasteiger partial charge in [0.2, 0.25) is 0 Å². The SMILES string of the molecule is COCCOc1cc(Cl)cc(CC(C)C(C)N)c1. The van der Waals surface area contributed by atoms with Crippen molar-refractivity contribution in [3.63, 3.8) is 0 Å². The van der Waals surface area contributed by atoms with E-state index in [1.165, 1.54) is 0 Å². The molecule has 0 amide bonds. The zero-order valence-electron chi connectivity index (χ0n) is 11.3. The average Bonchev–Trinajstić information content (AvgIpc) is 2.28. The summed E-state index contributed by atoms with van der Waals surface area (Å²) in [6.07, 6.45) is 0.902. The molecule has 0 bridgehead atoms. The van der Waals surface area contributed by atoms with Crippen LogP contribution in [0.1, 0.15) is 19.4 Å². The molecule has 1 aromatic rings. The fourth-order valence-corrected chi connectivity index (χ4v) is 1.87. The minimum atomic E-state index is 0.168. The molecular weight excluding hydrogens is 250 g/mol. The van der Waals surface area contributed by atoms with Crippen molar-refractivity contribution in [2.24, 2.45) is 11.7 Å². The summed E-state index contributed by atoms with van der Waals surface area (Å²) in [5.74, 6) is 1.20. The highest BCUT2D eigenvalue weighted by molar-refractivity contribution is 6.30. The molecular formula is C14H22ClNO2. The Bertz CT molecular complexity index is 369. The van der Waals surface area contributed by atoms with Gasteiger partial charge in [0.1, 0.15) is 12.4 Å². The molecule has 2 N–H and O–H groups in total. The van der Waals surface area contributed by atoms with Gasteiger partial charge in [0.05, 0.1) is 6.61 Å². The number of nitrogens with two attached hydrogens (primary N) is 1. The van der Waals surface area contributed by atoms with Crippen LogP contribution in [-0.4, -0.2) is 26.4 Å². The van der Waals surface area contributed by atoms with E-state index in [-0.39, 0.29) is 6.04 Å². The predicted molar refractivity (Wildman–Crippen MR) is 75.3 cm³/mol. The first-order chi connectivity index (χ1) is 8.52. The monoisotopic (exact) mass is 271 g/mol. The van der Waals surface area contributed by atoms with Crippen LogP contribution in [0.5, 0.6) is 5.75 Å². The molecule has 0 aliphatic rings. The van der Waals surface area contributed by atoms with E-state index in [0.717, 1.165) is 17.7 Å². The van der Waals surface area contributed by atoms with Gasteiger partial charge in [-0.15, -0.1) is 0 Å². The first-order valence-corrected chi connectivity index (χ1v) is 6.57. The van der Waals surface area contributed by atoms with Gasteiger partial charge >= 0.3 is 0 Å². The number of halogens is 1. The van der Waals surface area contributed by atoms with Crippen molar-refractivity contribution < 1.29 is 9.47 Å². The lowest BCUT2D eigenvalue weighted by Gasteiger charge is -2.16. The van der Waals surface area contributed by atoms with Crippen molar-refractivity contribution in [3.05, 3.63) is 28.8 Å². The maximum atomic E-state index is 6.08. The summed E-state index contributed by atoms with van der Waals surface area (Å²) in [4.78, 5) is 0. The largest absolute Gasteiger partial charge is 0.491 e. The van der Waals surface area contributed by atoms with Crippen LogP contribution in [0.15, 0.2) is 18.2 Å². The molecule has 0 aromatic heterocycles. The minimum absolute atomic E-state index is 0.168. The molecule has 0 spiro atoms. The standard InChI is InChI=1S/C14H22ClNO2/c1-10(11(2)16)6-12-7-13(15)9-14(8-12)18-5-4-17-3/h7-11H,4-6,16H2,1-3H3. The van der Waals surface area contributed by atoms with E-state index in [4.69, 9.17) is 26.8 Å². The summed E-state index contributed by atoms with van der Waals surface area (Å²) < 4.78 is 10.5. The van der Waals surface area contributed by atoms with Gasteiger partial charge in [-0.2, -0.15) is 0 Å². The quantitative estimate of drug-likeness (QED) is 0.776. The molecule has 0 saturated carbocycles. The highest BCUT2D eigenvalue weighted by Gasteiger charge is 2.10. The van der Waals surface area contributed by atoms with Crippen LogP contribution in [0.3, 0.4) is 0 Å². The summed E-state index contributed by atoms with van der Waals surface area (Å²) in [5.41, 5.74) is 7.03. The second kappa shape index (κ2) is 7.62. The Morgan fingerprint density at radius 3 is 2.56 bits per heavy atom. The molecule has 4 heteroatoms. The molecule has 0 heterocycles. The van der Waals surface area contributed by atoms with Crippen LogP contribution in [-0.2, 0) is 11.2 Å². The van der Waals surface area contributed by atoms with Gasteiger partial charge in [0.15, 0.2) is 0 Å². The van der Waals surface area contributed by atoms with Crippen LogP contribution >= 0.6 is 11.6 Å². The van der Waals surface area contributed by atoms with E-state index < -0.39 is 0 Å². The fourth-order valence-electron chi connectivity index (χ4n) is 1.62. The Morgan fingerprint density at radius 2 is 1.94 bits per heavy atom. The molecule has 3 nitrogen and oxygen atoms in total. The van der Waals surface area contributed by atoms with Crippen LogP contribution in [0.25, 0.3) is 0 Å². The Hall–Kier alpha value is -0.770. The van der Waals surface area contributed by atoms with E-state index >= 15 is 0 Å². The minimum Gasteiger partial charge on any atom is -0.491 e. The molecule has 18 heavy (non-hydrogen) atoms. The smallest absolute Gasteiger partial charge is 0.121 e. The molecule has 0 saturated heterocycles. The highest BCUT2D eigenvalue weighted by atomic mass is 35.5. The van der Waals surface area contributed by atoms with Crippen molar-refractivity contribution in [1.29, 1.82) is 0 Å². The second-order valence-electron chi connectivity index (χ2n) is 4.68. The topological polar surface area (TPSA) is 44.5 Å². The van der Waals surface area contributed by atoms with Gasteiger partial charge in [-0.1, -0.05) is 18.5 Å². The molecule has 0 aliphatic carbocycles. The third kappa shape index (κ3) is 5.25. The van der Waals surface area contributed by atoms with E-state index in [1.807, 2.05) is 25.1 Å². The lowest BCUT2D eigenvalue weighted by molar-refractivity contribution is 0.146. The Kier molecular flexibility index (Phi) is 6.47. The molecule has 1 aromatic carbocycles. The zero-order chi connectivity index (χ0) is 13.5. The number of rotatable bonds is 7. The molecule has 0 aliphatic heterocycles. The molecule has 0 fully saturated rings. The van der Waals surface area contributed by atoms with Crippen molar-refractivity contribution in [2.75, 3.05) is 20.3 Å². The van der Waals surface area contributed by atoms with Crippen LogP contribution in [0, 0.1) is 5.92 Å². The van der Waals surface area contributed by atoms with Crippen molar-refractivity contribution in [3.8, 4) is 5.75 Å². The van der Waals surface area contributed by atoms with Gasteiger partial charge in [-0.25, -0.2) is 0 Å². The van der Waals surface area contributed by atoms with E-state index in [9.17, 15) is 0 Å². The first kappa shape index (κ1) is 15.3. The highest BCUT2D eigenvalue weighted by Crippen LogP contribution is 2.23. The van der Waals surface area contributed by atoms with Crippen molar-refractivity contribution in [2.45, 2.75) is 26.3 Å². The van der Waals surface area contributed by atoms with Gasteiger partial charge in [-0.3, -0.25) is 0 Å². The third-order valence-corrected chi connectivity index (χ3v) is 3.16. The maximum Gasteiger partial charge on any atom is 0.121 e. The Morgan fingerprint density at radius 1 is 1.22 bits per heavy atom. The number of hydrogen-bond acceptors (Lipinski definition) is 3.